The van der Waals surface area contributed by atoms with Gasteiger partial charge in [-0.2, -0.15) is 0 Å². The number of carbonyl (C=O) groups excluding carboxylic acids is 3. The maximum absolute atomic E-state index is 13.3. The van der Waals surface area contributed by atoms with E-state index >= 15 is 0 Å². The molecule has 6 nitrogen and oxygen atoms in total. The summed E-state index contributed by atoms with van der Waals surface area (Å²) in [4.78, 5) is 43.0. The highest BCUT2D eigenvalue weighted by molar-refractivity contribution is 5.92. The summed E-state index contributed by atoms with van der Waals surface area (Å²) >= 11 is 0. The van der Waals surface area contributed by atoms with E-state index in [0.29, 0.717) is 18.9 Å². The molecule has 0 saturated carbocycles. The molecule has 0 bridgehead atoms. The number of hydrogen-bond donors (Lipinski definition) is 0. The molecular formula is C25H37N3O3. The third kappa shape index (κ3) is 6.55. The van der Waals surface area contributed by atoms with Gasteiger partial charge in [-0.15, -0.1) is 0 Å². The molecule has 1 aromatic rings. The highest BCUT2D eigenvalue weighted by Crippen LogP contribution is 2.26. The summed E-state index contributed by atoms with van der Waals surface area (Å²) in [6, 6.07) is 8.00. The SMILES string of the molecule is CC(=O)N1CCC(CC(=O)N2CCCCCCCN(C(C)=O)c3ccccc3C2)CC1. The highest BCUT2D eigenvalue weighted by Gasteiger charge is 2.26. The van der Waals surface area contributed by atoms with E-state index in [0.717, 1.165) is 82.4 Å². The van der Waals surface area contributed by atoms with Gasteiger partial charge in [0.1, 0.15) is 0 Å². The second-order valence-electron chi connectivity index (χ2n) is 9.04. The number of benzene rings is 1. The summed E-state index contributed by atoms with van der Waals surface area (Å²) in [6.07, 6.45) is 7.73. The molecule has 2 aliphatic rings. The number of carbonyl (C=O) groups is 3. The second kappa shape index (κ2) is 11.3. The van der Waals surface area contributed by atoms with Gasteiger partial charge in [0.25, 0.3) is 0 Å². The van der Waals surface area contributed by atoms with Crippen LogP contribution in [0.5, 0.6) is 0 Å². The Kier molecular flexibility index (Phi) is 8.50. The van der Waals surface area contributed by atoms with Crippen LogP contribution in [-0.4, -0.2) is 53.7 Å². The monoisotopic (exact) mass is 427 g/mol. The van der Waals surface area contributed by atoms with Gasteiger partial charge in [0.15, 0.2) is 0 Å². The molecule has 2 heterocycles. The maximum atomic E-state index is 13.3. The van der Waals surface area contributed by atoms with E-state index < -0.39 is 0 Å². The lowest BCUT2D eigenvalue weighted by Crippen LogP contribution is -2.39. The number of para-hydroxylation sites is 1. The molecule has 0 N–H and O–H groups in total. The van der Waals surface area contributed by atoms with Crippen LogP contribution in [0.15, 0.2) is 24.3 Å². The standard InChI is InChI=1S/C25H37N3O3/c1-20(29)26-16-12-22(13-17-26)18-25(31)27-14-8-4-3-5-9-15-28(21(2)30)24-11-7-6-10-23(24)19-27/h6-7,10-11,22H,3-5,8-9,12-19H2,1-2H3. The van der Waals surface area contributed by atoms with Crippen LogP contribution in [0.1, 0.15) is 70.8 Å². The van der Waals surface area contributed by atoms with Crippen molar-refractivity contribution in [2.45, 2.75) is 71.8 Å². The van der Waals surface area contributed by atoms with Crippen molar-refractivity contribution in [1.29, 1.82) is 0 Å². The van der Waals surface area contributed by atoms with E-state index in [9.17, 15) is 14.4 Å². The molecule has 3 amide bonds. The Labute approximate surface area is 186 Å². The third-order valence-corrected chi connectivity index (χ3v) is 6.71. The number of piperidine rings is 1. The Morgan fingerprint density at radius 1 is 0.806 bits per heavy atom. The van der Waals surface area contributed by atoms with Crippen LogP contribution in [-0.2, 0) is 20.9 Å². The first kappa shape index (κ1) is 23.3. The zero-order chi connectivity index (χ0) is 22.2. The van der Waals surface area contributed by atoms with Crippen LogP contribution in [0.3, 0.4) is 0 Å². The Morgan fingerprint density at radius 2 is 1.45 bits per heavy atom. The van der Waals surface area contributed by atoms with E-state index in [1.54, 1.807) is 13.8 Å². The van der Waals surface area contributed by atoms with Gasteiger partial charge in [-0.25, -0.2) is 0 Å². The predicted octanol–water partition coefficient (Wildman–Crippen LogP) is 3.98. The van der Waals surface area contributed by atoms with Crippen LogP contribution in [0.25, 0.3) is 0 Å². The van der Waals surface area contributed by atoms with E-state index in [-0.39, 0.29) is 17.7 Å². The number of anilines is 1. The quantitative estimate of drug-likeness (QED) is 0.717. The first-order chi connectivity index (χ1) is 15.0. The van der Waals surface area contributed by atoms with Gasteiger partial charge in [-0.1, -0.05) is 37.5 Å². The van der Waals surface area contributed by atoms with Crippen molar-refractivity contribution in [1.82, 2.24) is 9.80 Å². The van der Waals surface area contributed by atoms with Gasteiger partial charge in [0.05, 0.1) is 0 Å². The number of likely N-dealkylation sites (tertiary alicyclic amines) is 1. The minimum absolute atomic E-state index is 0.0552. The van der Waals surface area contributed by atoms with Gasteiger partial charge >= 0.3 is 0 Å². The molecule has 6 heteroatoms. The lowest BCUT2D eigenvalue weighted by Gasteiger charge is -2.33. The van der Waals surface area contributed by atoms with E-state index in [1.807, 2.05) is 39.0 Å². The molecule has 1 fully saturated rings. The Morgan fingerprint density at radius 3 is 2.13 bits per heavy atom. The summed E-state index contributed by atoms with van der Waals surface area (Å²) in [7, 11) is 0. The fourth-order valence-electron chi connectivity index (χ4n) is 4.78. The minimum atomic E-state index is 0.0552. The van der Waals surface area contributed by atoms with Crippen molar-refractivity contribution < 1.29 is 14.4 Å². The third-order valence-electron chi connectivity index (χ3n) is 6.71. The molecule has 0 atom stereocenters. The van der Waals surface area contributed by atoms with Gasteiger partial charge < -0.3 is 14.7 Å². The van der Waals surface area contributed by atoms with Crippen molar-refractivity contribution in [3.63, 3.8) is 0 Å². The number of amides is 3. The second-order valence-corrected chi connectivity index (χ2v) is 9.04. The summed E-state index contributed by atoms with van der Waals surface area (Å²) in [5.41, 5.74) is 1.97. The van der Waals surface area contributed by atoms with Crippen LogP contribution < -0.4 is 4.90 Å². The summed E-state index contributed by atoms with van der Waals surface area (Å²) < 4.78 is 0. The van der Waals surface area contributed by atoms with Gasteiger partial charge in [-0.05, 0) is 43.2 Å². The normalized spacial score (nSPS) is 19.2. The van der Waals surface area contributed by atoms with E-state index in [2.05, 4.69) is 0 Å². The molecule has 1 saturated heterocycles. The van der Waals surface area contributed by atoms with Crippen molar-refractivity contribution in [2.24, 2.45) is 5.92 Å². The lowest BCUT2D eigenvalue weighted by atomic mass is 9.92. The largest absolute Gasteiger partial charge is 0.343 e. The number of nitrogens with zero attached hydrogens (tertiary/aromatic N) is 3. The zero-order valence-corrected chi connectivity index (χ0v) is 19.1. The van der Waals surface area contributed by atoms with Crippen LogP contribution >= 0.6 is 0 Å². The average molecular weight is 428 g/mol. The molecule has 2 aliphatic heterocycles. The Hall–Kier alpha value is -2.37. The van der Waals surface area contributed by atoms with Gasteiger partial charge in [0.2, 0.25) is 17.7 Å². The Bertz CT molecular complexity index is 771. The van der Waals surface area contributed by atoms with Gasteiger partial charge in [0, 0.05) is 58.7 Å². The molecule has 1 aromatic carbocycles. The fourth-order valence-corrected chi connectivity index (χ4v) is 4.78. The molecule has 0 radical (unpaired) electrons. The van der Waals surface area contributed by atoms with Crippen molar-refractivity contribution in [3.8, 4) is 0 Å². The molecule has 0 aliphatic carbocycles. The molecule has 0 spiro atoms. The highest BCUT2D eigenvalue weighted by atomic mass is 16.2. The van der Waals surface area contributed by atoms with Gasteiger partial charge in [-0.3, -0.25) is 14.4 Å². The van der Waals surface area contributed by atoms with Crippen molar-refractivity contribution in [3.05, 3.63) is 29.8 Å². The zero-order valence-electron chi connectivity index (χ0n) is 19.1. The number of rotatable bonds is 2. The molecular weight excluding hydrogens is 390 g/mol. The topological polar surface area (TPSA) is 60.9 Å². The van der Waals surface area contributed by atoms with Crippen LogP contribution in [0, 0.1) is 5.92 Å². The fraction of sp³-hybridized carbons (Fsp3) is 0.640. The molecule has 0 unspecified atom stereocenters. The predicted molar refractivity (Wildman–Crippen MR) is 123 cm³/mol. The number of fused-ring (bicyclic) bond motifs is 1. The Balaban J connectivity index is 1.73. The number of hydrogen-bond acceptors (Lipinski definition) is 3. The molecule has 0 aromatic heterocycles. The van der Waals surface area contributed by atoms with E-state index in [4.69, 9.17) is 0 Å². The van der Waals surface area contributed by atoms with E-state index in [1.165, 1.54) is 0 Å². The van der Waals surface area contributed by atoms with Crippen molar-refractivity contribution in [2.75, 3.05) is 31.1 Å². The van der Waals surface area contributed by atoms with Crippen LogP contribution in [0.2, 0.25) is 0 Å². The summed E-state index contributed by atoms with van der Waals surface area (Å²) in [5.74, 6) is 0.718. The molecule has 31 heavy (non-hydrogen) atoms. The first-order valence-corrected chi connectivity index (χ1v) is 11.8. The van der Waals surface area contributed by atoms with Crippen molar-refractivity contribution >= 4 is 23.4 Å². The smallest absolute Gasteiger partial charge is 0.223 e. The average Bonchev–Trinajstić information content (AvgIpc) is 2.74. The molecule has 170 valence electrons. The molecule has 3 rings (SSSR count). The van der Waals surface area contributed by atoms with Crippen LogP contribution in [0.4, 0.5) is 5.69 Å². The maximum Gasteiger partial charge on any atom is 0.223 e. The minimum Gasteiger partial charge on any atom is -0.343 e. The summed E-state index contributed by atoms with van der Waals surface area (Å²) in [6.45, 7) is 6.79. The summed E-state index contributed by atoms with van der Waals surface area (Å²) in [5, 5.41) is 0. The first-order valence-electron chi connectivity index (χ1n) is 11.8. The lowest BCUT2D eigenvalue weighted by molar-refractivity contribution is -0.134.